The largest absolute Gasteiger partial charge is 0.497 e. The Morgan fingerprint density at radius 3 is 2.95 bits per heavy atom. The van der Waals surface area contributed by atoms with E-state index >= 15 is 0 Å². The molecule has 0 radical (unpaired) electrons. The fourth-order valence-electron chi connectivity index (χ4n) is 1.99. The van der Waals surface area contributed by atoms with Gasteiger partial charge in [0.25, 0.3) is 0 Å². The predicted octanol–water partition coefficient (Wildman–Crippen LogP) is 3.18. The summed E-state index contributed by atoms with van der Waals surface area (Å²) in [6.07, 6.45) is 5.44. The SMILES string of the molecule is CNc1cn2ccnc2c(Nc2cc(OC)ccc2Cl)n1. The van der Waals surface area contributed by atoms with Crippen LogP contribution in [0.25, 0.3) is 5.65 Å². The van der Waals surface area contributed by atoms with E-state index in [-0.39, 0.29) is 0 Å². The van der Waals surface area contributed by atoms with Crippen molar-refractivity contribution in [1.29, 1.82) is 0 Å². The zero-order chi connectivity index (χ0) is 14.8. The highest BCUT2D eigenvalue weighted by Gasteiger charge is 2.10. The maximum atomic E-state index is 6.21. The molecule has 3 aromatic rings. The monoisotopic (exact) mass is 303 g/mol. The van der Waals surface area contributed by atoms with E-state index in [0.717, 1.165) is 5.82 Å². The number of aromatic nitrogens is 3. The van der Waals surface area contributed by atoms with Gasteiger partial charge in [0.05, 0.1) is 24.0 Å². The summed E-state index contributed by atoms with van der Waals surface area (Å²) in [6.45, 7) is 0. The molecule has 2 aromatic heterocycles. The van der Waals surface area contributed by atoms with Gasteiger partial charge in [-0.15, -0.1) is 0 Å². The van der Waals surface area contributed by atoms with E-state index in [1.165, 1.54) is 0 Å². The molecule has 0 aliphatic heterocycles. The molecule has 7 heteroatoms. The van der Waals surface area contributed by atoms with Crippen molar-refractivity contribution >= 4 is 34.6 Å². The quantitative estimate of drug-likeness (QED) is 0.775. The van der Waals surface area contributed by atoms with Gasteiger partial charge in [-0.25, -0.2) is 9.97 Å². The molecule has 0 aliphatic carbocycles. The first-order valence-electron chi connectivity index (χ1n) is 6.33. The standard InChI is InChI=1S/C14H14ClN5O/c1-16-12-8-20-6-5-17-14(20)13(19-12)18-11-7-9(21-2)3-4-10(11)15/h3-8,16H,1-2H3,(H,18,19). The van der Waals surface area contributed by atoms with Crippen molar-refractivity contribution < 1.29 is 4.74 Å². The number of hydrogen-bond donors (Lipinski definition) is 2. The molecule has 2 N–H and O–H groups in total. The molecule has 1 aromatic carbocycles. The molecule has 6 nitrogen and oxygen atoms in total. The second kappa shape index (κ2) is 5.49. The van der Waals surface area contributed by atoms with Gasteiger partial charge in [-0.1, -0.05) is 11.6 Å². The van der Waals surface area contributed by atoms with Crippen LogP contribution in [-0.2, 0) is 0 Å². The number of ether oxygens (including phenoxy) is 1. The maximum absolute atomic E-state index is 6.21. The smallest absolute Gasteiger partial charge is 0.180 e. The second-order valence-electron chi connectivity index (χ2n) is 4.35. The molecular weight excluding hydrogens is 290 g/mol. The van der Waals surface area contributed by atoms with E-state index in [9.17, 15) is 0 Å². The van der Waals surface area contributed by atoms with Crippen molar-refractivity contribution in [2.75, 3.05) is 24.8 Å². The summed E-state index contributed by atoms with van der Waals surface area (Å²) in [5, 5.41) is 6.80. The first kappa shape index (κ1) is 13.5. The molecule has 0 saturated carbocycles. The van der Waals surface area contributed by atoms with E-state index in [1.54, 1.807) is 25.4 Å². The first-order chi connectivity index (χ1) is 10.2. The average Bonchev–Trinajstić information content (AvgIpc) is 2.98. The predicted molar refractivity (Wildman–Crippen MR) is 83.8 cm³/mol. The Bertz CT molecular complexity index is 786. The molecule has 0 aliphatic rings. The summed E-state index contributed by atoms with van der Waals surface area (Å²) >= 11 is 6.21. The second-order valence-corrected chi connectivity index (χ2v) is 4.76. The van der Waals surface area contributed by atoms with Crippen molar-refractivity contribution in [3.05, 3.63) is 41.8 Å². The van der Waals surface area contributed by atoms with Crippen LogP contribution in [0.4, 0.5) is 17.3 Å². The lowest BCUT2D eigenvalue weighted by Crippen LogP contribution is -2.02. The number of methoxy groups -OCH3 is 1. The Labute approximate surface area is 126 Å². The fraction of sp³-hybridized carbons (Fsp3) is 0.143. The minimum atomic E-state index is 0.581. The van der Waals surface area contributed by atoms with E-state index in [1.807, 2.05) is 29.9 Å². The van der Waals surface area contributed by atoms with Gasteiger partial charge in [-0.2, -0.15) is 0 Å². The molecule has 108 valence electrons. The van der Waals surface area contributed by atoms with Crippen LogP contribution in [-0.4, -0.2) is 28.5 Å². The van der Waals surface area contributed by atoms with Crippen LogP contribution in [0.1, 0.15) is 0 Å². The Morgan fingerprint density at radius 1 is 1.33 bits per heavy atom. The minimum Gasteiger partial charge on any atom is -0.497 e. The molecule has 0 bridgehead atoms. The number of benzene rings is 1. The number of fused-ring (bicyclic) bond motifs is 1. The normalized spacial score (nSPS) is 10.6. The summed E-state index contributed by atoms with van der Waals surface area (Å²) < 4.78 is 7.10. The van der Waals surface area contributed by atoms with Crippen LogP contribution in [0.3, 0.4) is 0 Å². The van der Waals surface area contributed by atoms with Crippen molar-refractivity contribution in [1.82, 2.24) is 14.4 Å². The third-order valence-corrected chi connectivity index (χ3v) is 3.39. The van der Waals surface area contributed by atoms with Gasteiger partial charge in [-0.05, 0) is 12.1 Å². The van der Waals surface area contributed by atoms with E-state index in [2.05, 4.69) is 20.6 Å². The van der Waals surface area contributed by atoms with Crippen molar-refractivity contribution in [3.63, 3.8) is 0 Å². The number of nitrogens with one attached hydrogen (secondary N) is 2. The summed E-state index contributed by atoms with van der Waals surface area (Å²) in [4.78, 5) is 8.78. The van der Waals surface area contributed by atoms with Crippen molar-refractivity contribution in [2.24, 2.45) is 0 Å². The number of halogens is 1. The molecule has 2 heterocycles. The average molecular weight is 304 g/mol. The van der Waals surface area contributed by atoms with Crippen LogP contribution in [0.5, 0.6) is 5.75 Å². The summed E-state index contributed by atoms with van der Waals surface area (Å²) in [6, 6.07) is 5.39. The number of nitrogens with zero attached hydrogens (tertiary/aromatic N) is 3. The molecule has 0 spiro atoms. The Balaban J connectivity index is 2.07. The third-order valence-electron chi connectivity index (χ3n) is 3.06. The van der Waals surface area contributed by atoms with Crippen LogP contribution in [0, 0.1) is 0 Å². The Hall–Kier alpha value is -2.47. The van der Waals surface area contributed by atoms with Crippen LogP contribution >= 0.6 is 11.6 Å². The zero-order valence-electron chi connectivity index (χ0n) is 11.6. The topological polar surface area (TPSA) is 63.5 Å². The fourth-order valence-corrected chi connectivity index (χ4v) is 2.16. The van der Waals surface area contributed by atoms with E-state index < -0.39 is 0 Å². The van der Waals surface area contributed by atoms with Gasteiger partial charge in [0.1, 0.15) is 11.6 Å². The zero-order valence-corrected chi connectivity index (χ0v) is 12.3. The minimum absolute atomic E-state index is 0.581. The number of hydrogen-bond acceptors (Lipinski definition) is 5. The summed E-state index contributed by atoms with van der Waals surface area (Å²) in [7, 11) is 3.42. The molecule has 0 fully saturated rings. The van der Waals surface area contributed by atoms with E-state index in [0.29, 0.717) is 27.9 Å². The molecule has 0 unspecified atom stereocenters. The van der Waals surface area contributed by atoms with Crippen LogP contribution in [0.15, 0.2) is 36.8 Å². The lowest BCUT2D eigenvalue weighted by Gasteiger charge is -2.11. The number of imidazole rings is 1. The van der Waals surface area contributed by atoms with Crippen LogP contribution < -0.4 is 15.4 Å². The highest BCUT2D eigenvalue weighted by Crippen LogP contribution is 2.30. The molecule has 0 saturated heterocycles. The van der Waals surface area contributed by atoms with Crippen molar-refractivity contribution in [3.8, 4) is 5.75 Å². The van der Waals surface area contributed by atoms with Gasteiger partial charge in [0, 0.05) is 25.5 Å². The van der Waals surface area contributed by atoms with Gasteiger partial charge in [0.2, 0.25) is 0 Å². The molecule has 0 atom stereocenters. The first-order valence-corrected chi connectivity index (χ1v) is 6.71. The highest BCUT2D eigenvalue weighted by atomic mass is 35.5. The number of rotatable bonds is 4. The third kappa shape index (κ3) is 2.57. The summed E-state index contributed by atoms with van der Waals surface area (Å²) in [5.41, 5.74) is 1.43. The Morgan fingerprint density at radius 2 is 2.19 bits per heavy atom. The van der Waals surface area contributed by atoms with Crippen LogP contribution in [0.2, 0.25) is 5.02 Å². The lowest BCUT2D eigenvalue weighted by atomic mass is 10.3. The highest BCUT2D eigenvalue weighted by molar-refractivity contribution is 6.33. The van der Waals surface area contributed by atoms with Crippen molar-refractivity contribution in [2.45, 2.75) is 0 Å². The van der Waals surface area contributed by atoms with Gasteiger partial charge in [-0.3, -0.25) is 0 Å². The van der Waals surface area contributed by atoms with E-state index in [4.69, 9.17) is 16.3 Å². The summed E-state index contributed by atoms with van der Waals surface area (Å²) in [5.74, 6) is 2.05. The maximum Gasteiger partial charge on any atom is 0.180 e. The van der Waals surface area contributed by atoms with Gasteiger partial charge >= 0.3 is 0 Å². The van der Waals surface area contributed by atoms with Gasteiger partial charge in [0.15, 0.2) is 11.5 Å². The molecule has 0 amide bonds. The molecule has 3 rings (SSSR count). The number of anilines is 3. The molecule has 21 heavy (non-hydrogen) atoms. The van der Waals surface area contributed by atoms with Gasteiger partial charge < -0.3 is 19.8 Å². The molecular formula is C14H14ClN5O. The lowest BCUT2D eigenvalue weighted by molar-refractivity contribution is 0.415. The Kier molecular flexibility index (Phi) is 3.53.